The Morgan fingerprint density at radius 2 is 1.96 bits per heavy atom. The third-order valence-electron chi connectivity index (χ3n) is 3.69. The van der Waals surface area contributed by atoms with Crippen molar-refractivity contribution >= 4 is 33.0 Å². The van der Waals surface area contributed by atoms with Gasteiger partial charge in [-0.05, 0) is 35.7 Å². The second-order valence-electron chi connectivity index (χ2n) is 6.10. The fourth-order valence-electron chi connectivity index (χ4n) is 2.24. The standard InChI is InChI=1S/C18H19N3O4S2/c1-12(2)15-10-19-18(25-15)13-5-7-14(8-6-13)21-16(22)11-20-27(23,24)17-4-3-9-26-17/h3-10,12,20H,11H2,1-2H3,(H,21,22). The molecule has 0 aliphatic carbocycles. The van der Waals surface area contributed by atoms with E-state index in [0.29, 0.717) is 11.6 Å². The Morgan fingerprint density at radius 1 is 1.22 bits per heavy atom. The molecule has 3 rings (SSSR count). The minimum absolute atomic E-state index is 0.173. The van der Waals surface area contributed by atoms with E-state index in [4.69, 9.17) is 4.42 Å². The summed E-state index contributed by atoms with van der Waals surface area (Å²) in [6.07, 6.45) is 1.70. The fourth-order valence-corrected chi connectivity index (χ4v) is 4.26. The van der Waals surface area contributed by atoms with Gasteiger partial charge in [0.05, 0.1) is 12.7 Å². The highest BCUT2D eigenvalue weighted by molar-refractivity contribution is 7.91. The largest absolute Gasteiger partial charge is 0.441 e. The fraction of sp³-hybridized carbons (Fsp3) is 0.222. The first-order chi connectivity index (χ1) is 12.8. The van der Waals surface area contributed by atoms with Crippen LogP contribution in [0.5, 0.6) is 0 Å². The lowest BCUT2D eigenvalue weighted by atomic mass is 10.2. The summed E-state index contributed by atoms with van der Waals surface area (Å²) in [6, 6.07) is 10.1. The molecule has 2 N–H and O–H groups in total. The molecular formula is C18H19N3O4S2. The normalized spacial score (nSPS) is 11.7. The number of thiophene rings is 1. The lowest BCUT2D eigenvalue weighted by Gasteiger charge is -2.07. The Balaban J connectivity index is 1.58. The number of benzene rings is 1. The average Bonchev–Trinajstić information content (AvgIpc) is 3.33. The number of anilines is 1. The predicted octanol–water partition coefficient (Wildman–Crippen LogP) is 3.44. The van der Waals surface area contributed by atoms with Gasteiger partial charge in [-0.1, -0.05) is 19.9 Å². The molecule has 0 aliphatic heterocycles. The molecule has 27 heavy (non-hydrogen) atoms. The quantitative estimate of drug-likeness (QED) is 0.627. The van der Waals surface area contributed by atoms with Crippen molar-refractivity contribution in [2.45, 2.75) is 24.0 Å². The van der Waals surface area contributed by atoms with Gasteiger partial charge in [-0.3, -0.25) is 4.79 Å². The first kappa shape index (κ1) is 19.3. The molecule has 7 nitrogen and oxygen atoms in total. The molecule has 2 heterocycles. The number of amides is 1. The first-order valence-corrected chi connectivity index (χ1v) is 10.6. The summed E-state index contributed by atoms with van der Waals surface area (Å²) < 4.78 is 32.1. The second-order valence-corrected chi connectivity index (χ2v) is 9.05. The van der Waals surface area contributed by atoms with Gasteiger partial charge in [0, 0.05) is 17.2 Å². The summed E-state index contributed by atoms with van der Waals surface area (Å²) in [5.74, 6) is 1.12. The van der Waals surface area contributed by atoms with E-state index in [0.717, 1.165) is 22.7 Å². The molecule has 1 aromatic carbocycles. The Morgan fingerprint density at radius 3 is 2.56 bits per heavy atom. The SMILES string of the molecule is CC(C)c1cnc(-c2ccc(NC(=O)CNS(=O)(=O)c3cccs3)cc2)o1. The van der Waals surface area contributed by atoms with Crippen LogP contribution in [0, 0.1) is 0 Å². The number of hydrogen-bond acceptors (Lipinski definition) is 6. The van der Waals surface area contributed by atoms with Gasteiger partial charge in [-0.2, -0.15) is 0 Å². The molecule has 0 radical (unpaired) electrons. The number of sulfonamides is 1. The van der Waals surface area contributed by atoms with E-state index >= 15 is 0 Å². The van der Waals surface area contributed by atoms with Crippen LogP contribution >= 0.6 is 11.3 Å². The molecule has 9 heteroatoms. The smallest absolute Gasteiger partial charge is 0.250 e. The van der Waals surface area contributed by atoms with Crippen molar-refractivity contribution in [1.82, 2.24) is 9.71 Å². The topological polar surface area (TPSA) is 101 Å². The van der Waals surface area contributed by atoms with E-state index < -0.39 is 15.9 Å². The molecule has 0 saturated carbocycles. The van der Waals surface area contributed by atoms with Gasteiger partial charge in [0.2, 0.25) is 11.8 Å². The van der Waals surface area contributed by atoms with Gasteiger partial charge in [0.25, 0.3) is 10.0 Å². The van der Waals surface area contributed by atoms with Crippen LogP contribution in [0.1, 0.15) is 25.5 Å². The molecule has 0 bridgehead atoms. The summed E-state index contributed by atoms with van der Waals surface area (Å²) in [5, 5.41) is 4.31. The molecule has 0 aliphatic rings. The van der Waals surface area contributed by atoms with Crippen LogP contribution in [0.4, 0.5) is 5.69 Å². The number of carbonyl (C=O) groups excluding carboxylic acids is 1. The van der Waals surface area contributed by atoms with E-state index in [1.165, 1.54) is 6.07 Å². The van der Waals surface area contributed by atoms with Crippen LogP contribution in [0.25, 0.3) is 11.5 Å². The zero-order chi connectivity index (χ0) is 19.4. The van der Waals surface area contributed by atoms with Crippen molar-refractivity contribution in [2.75, 3.05) is 11.9 Å². The van der Waals surface area contributed by atoms with Gasteiger partial charge in [-0.15, -0.1) is 11.3 Å². The highest BCUT2D eigenvalue weighted by atomic mass is 32.2. The maximum Gasteiger partial charge on any atom is 0.250 e. The zero-order valence-electron chi connectivity index (χ0n) is 14.8. The number of nitrogens with zero attached hydrogens (tertiary/aromatic N) is 1. The Bertz CT molecular complexity index is 1010. The minimum atomic E-state index is -3.66. The van der Waals surface area contributed by atoms with Crippen LogP contribution in [0.15, 0.2) is 56.6 Å². The number of oxazole rings is 1. The predicted molar refractivity (Wildman–Crippen MR) is 104 cm³/mol. The number of aromatic nitrogens is 1. The number of carbonyl (C=O) groups is 1. The van der Waals surface area contributed by atoms with E-state index in [1.807, 2.05) is 13.8 Å². The monoisotopic (exact) mass is 405 g/mol. The molecule has 0 fully saturated rings. The lowest BCUT2D eigenvalue weighted by molar-refractivity contribution is -0.115. The van der Waals surface area contributed by atoms with Gasteiger partial charge in [0.1, 0.15) is 9.97 Å². The van der Waals surface area contributed by atoms with E-state index in [-0.39, 0.29) is 16.7 Å². The van der Waals surface area contributed by atoms with Crippen LogP contribution < -0.4 is 10.0 Å². The molecule has 0 unspecified atom stereocenters. The highest BCUT2D eigenvalue weighted by Crippen LogP contribution is 2.24. The maximum absolute atomic E-state index is 12.0. The van der Waals surface area contributed by atoms with Crippen LogP contribution in [-0.4, -0.2) is 25.9 Å². The molecule has 0 atom stereocenters. The Hall–Kier alpha value is -2.49. The van der Waals surface area contributed by atoms with Crippen molar-refractivity contribution in [3.63, 3.8) is 0 Å². The number of rotatable bonds is 7. The molecule has 0 spiro atoms. The van der Waals surface area contributed by atoms with E-state index in [9.17, 15) is 13.2 Å². The summed E-state index contributed by atoms with van der Waals surface area (Å²) in [4.78, 5) is 16.2. The lowest BCUT2D eigenvalue weighted by Crippen LogP contribution is -2.32. The zero-order valence-corrected chi connectivity index (χ0v) is 16.4. The van der Waals surface area contributed by atoms with Crippen LogP contribution in [0.3, 0.4) is 0 Å². The average molecular weight is 406 g/mol. The highest BCUT2D eigenvalue weighted by Gasteiger charge is 2.16. The van der Waals surface area contributed by atoms with Gasteiger partial charge >= 0.3 is 0 Å². The van der Waals surface area contributed by atoms with Crippen molar-refractivity contribution in [3.8, 4) is 11.5 Å². The molecule has 0 saturated heterocycles. The minimum Gasteiger partial charge on any atom is -0.441 e. The molecular weight excluding hydrogens is 386 g/mol. The van der Waals surface area contributed by atoms with Gasteiger partial charge in [-0.25, -0.2) is 18.1 Å². The van der Waals surface area contributed by atoms with Gasteiger partial charge < -0.3 is 9.73 Å². The maximum atomic E-state index is 12.0. The van der Waals surface area contributed by atoms with Gasteiger partial charge in [0.15, 0.2) is 0 Å². The van der Waals surface area contributed by atoms with Crippen molar-refractivity contribution in [1.29, 1.82) is 0 Å². The molecule has 3 aromatic rings. The summed E-state index contributed by atoms with van der Waals surface area (Å²) in [5.41, 5.74) is 1.34. The van der Waals surface area contributed by atoms with Crippen molar-refractivity contribution in [2.24, 2.45) is 0 Å². The molecule has 1 amide bonds. The van der Waals surface area contributed by atoms with E-state index in [2.05, 4.69) is 15.0 Å². The Kier molecular flexibility index (Phi) is 5.73. The Labute approximate surface area is 161 Å². The molecule has 2 aromatic heterocycles. The summed E-state index contributed by atoms with van der Waals surface area (Å²) >= 11 is 1.09. The van der Waals surface area contributed by atoms with Crippen LogP contribution in [-0.2, 0) is 14.8 Å². The summed E-state index contributed by atoms with van der Waals surface area (Å²) in [6.45, 7) is 3.70. The third kappa shape index (κ3) is 4.82. The number of nitrogens with one attached hydrogen (secondary N) is 2. The summed E-state index contributed by atoms with van der Waals surface area (Å²) in [7, 11) is -3.66. The third-order valence-corrected chi connectivity index (χ3v) is 6.49. The number of hydrogen-bond donors (Lipinski definition) is 2. The van der Waals surface area contributed by atoms with Crippen LogP contribution in [0.2, 0.25) is 0 Å². The van der Waals surface area contributed by atoms with Crippen molar-refractivity contribution in [3.05, 3.63) is 53.7 Å². The van der Waals surface area contributed by atoms with E-state index in [1.54, 1.807) is 41.9 Å². The first-order valence-electron chi connectivity index (χ1n) is 8.24. The molecule has 142 valence electrons. The second kappa shape index (κ2) is 8.03. The van der Waals surface area contributed by atoms with Crippen molar-refractivity contribution < 1.29 is 17.6 Å².